The van der Waals surface area contributed by atoms with Gasteiger partial charge in [0.2, 0.25) is 0 Å². The van der Waals surface area contributed by atoms with Gasteiger partial charge in [0.25, 0.3) is 0 Å². The maximum absolute atomic E-state index is 6.67. The molecular formula is C21H14N4O. The Bertz CT molecular complexity index is 1030. The Morgan fingerprint density at radius 3 is 1.85 bits per heavy atom. The van der Waals surface area contributed by atoms with Gasteiger partial charge < -0.3 is 4.74 Å². The van der Waals surface area contributed by atoms with Gasteiger partial charge in [-0.05, 0) is 36.4 Å². The molecule has 1 aliphatic rings. The fourth-order valence-electron chi connectivity index (χ4n) is 3.59. The monoisotopic (exact) mass is 338 g/mol. The summed E-state index contributed by atoms with van der Waals surface area (Å²) in [6.45, 7) is 0. The van der Waals surface area contributed by atoms with Gasteiger partial charge in [-0.1, -0.05) is 0 Å². The fourth-order valence-corrected chi connectivity index (χ4v) is 3.59. The molecule has 0 spiro atoms. The Morgan fingerprint density at radius 2 is 1.15 bits per heavy atom. The van der Waals surface area contributed by atoms with E-state index >= 15 is 0 Å². The van der Waals surface area contributed by atoms with E-state index in [-0.39, 0.29) is 0 Å². The number of pyridine rings is 4. The molecule has 0 amide bonds. The Morgan fingerprint density at radius 1 is 0.577 bits per heavy atom. The van der Waals surface area contributed by atoms with Gasteiger partial charge in [0.15, 0.2) is 5.60 Å². The van der Waals surface area contributed by atoms with E-state index < -0.39 is 5.60 Å². The average Bonchev–Trinajstić information content (AvgIpc) is 2.74. The van der Waals surface area contributed by atoms with Crippen LogP contribution in [0.25, 0.3) is 11.1 Å². The summed E-state index contributed by atoms with van der Waals surface area (Å²) in [5.74, 6) is 0.724. The molecule has 5 heteroatoms. The summed E-state index contributed by atoms with van der Waals surface area (Å²) in [6, 6.07) is 11.9. The van der Waals surface area contributed by atoms with Crippen LogP contribution in [0.4, 0.5) is 0 Å². The molecule has 5 nitrogen and oxygen atoms in total. The minimum atomic E-state index is -0.819. The first kappa shape index (κ1) is 14.7. The van der Waals surface area contributed by atoms with Crippen molar-refractivity contribution in [2.45, 2.75) is 5.60 Å². The van der Waals surface area contributed by atoms with Crippen molar-refractivity contribution in [1.29, 1.82) is 0 Å². The van der Waals surface area contributed by atoms with Crippen LogP contribution in [0.5, 0.6) is 5.75 Å². The number of ether oxygens (including phenoxy) is 1. The summed E-state index contributed by atoms with van der Waals surface area (Å²) in [4.78, 5) is 16.9. The first-order valence-electron chi connectivity index (χ1n) is 8.28. The lowest BCUT2D eigenvalue weighted by molar-refractivity contribution is 0.151. The molecule has 26 heavy (non-hydrogen) atoms. The van der Waals surface area contributed by atoms with Crippen molar-refractivity contribution < 1.29 is 4.74 Å². The topological polar surface area (TPSA) is 60.8 Å². The summed E-state index contributed by atoms with van der Waals surface area (Å²) >= 11 is 0. The largest absolute Gasteiger partial charge is 0.471 e. The number of aromatic nitrogens is 4. The summed E-state index contributed by atoms with van der Waals surface area (Å²) in [5.41, 5.74) is 4.21. The van der Waals surface area contributed by atoms with Crippen molar-refractivity contribution in [2.24, 2.45) is 0 Å². The van der Waals surface area contributed by atoms with Crippen LogP contribution in [-0.4, -0.2) is 19.9 Å². The Hall–Kier alpha value is -3.60. The van der Waals surface area contributed by atoms with Crippen molar-refractivity contribution in [3.05, 3.63) is 103 Å². The zero-order chi connectivity index (χ0) is 17.4. The SMILES string of the molecule is c1cc(C2(c3ccncc3)Oc3cnccc3-c3cnccc32)ccn1. The van der Waals surface area contributed by atoms with Crippen molar-refractivity contribution >= 4 is 0 Å². The van der Waals surface area contributed by atoms with Crippen LogP contribution in [-0.2, 0) is 5.60 Å². The molecule has 0 saturated carbocycles. The normalized spacial score (nSPS) is 14.0. The quantitative estimate of drug-likeness (QED) is 0.559. The Labute approximate surface area is 150 Å². The third kappa shape index (κ3) is 2.04. The summed E-state index contributed by atoms with van der Waals surface area (Å²) in [6.07, 6.45) is 14.3. The highest BCUT2D eigenvalue weighted by Crippen LogP contribution is 2.50. The number of hydrogen-bond donors (Lipinski definition) is 0. The van der Waals surface area contributed by atoms with Crippen molar-refractivity contribution in [1.82, 2.24) is 19.9 Å². The number of fused-ring (bicyclic) bond motifs is 3. The lowest BCUT2D eigenvalue weighted by Crippen LogP contribution is -2.38. The summed E-state index contributed by atoms with van der Waals surface area (Å²) in [5, 5.41) is 0. The van der Waals surface area contributed by atoms with Gasteiger partial charge in [-0.25, -0.2) is 0 Å². The molecule has 0 N–H and O–H groups in total. The fraction of sp³-hybridized carbons (Fsp3) is 0.0476. The van der Waals surface area contributed by atoms with Crippen LogP contribution in [0.3, 0.4) is 0 Å². The molecule has 5 heterocycles. The van der Waals surface area contributed by atoms with E-state index in [0.717, 1.165) is 33.6 Å². The van der Waals surface area contributed by atoms with Gasteiger partial charge in [-0.15, -0.1) is 0 Å². The van der Waals surface area contributed by atoms with E-state index in [4.69, 9.17) is 4.74 Å². The van der Waals surface area contributed by atoms with Gasteiger partial charge in [-0.2, -0.15) is 0 Å². The van der Waals surface area contributed by atoms with Gasteiger partial charge in [-0.3, -0.25) is 19.9 Å². The van der Waals surface area contributed by atoms with Gasteiger partial charge in [0.1, 0.15) is 5.75 Å². The van der Waals surface area contributed by atoms with Crippen molar-refractivity contribution in [3.8, 4) is 16.9 Å². The van der Waals surface area contributed by atoms with E-state index in [9.17, 15) is 0 Å². The molecule has 0 bridgehead atoms. The number of hydrogen-bond acceptors (Lipinski definition) is 5. The van der Waals surface area contributed by atoms with E-state index in [2.05, 4.69) is 19.9 Å². The van der Waals surface area contributed by atoms with E-state index in [0.29, 0.717) is 0 Å². The lowest BCUT2D eigenvalue weighted by Gasteiger charge is -2.40. The summed E-state index contributed by atoms with van der Waals surface area (Å²) in [7, 11) is 0. The molecular weight excluding hydrogens is 324 g/mol. The average molecular weight is 338 g/mol. The molecule has 0 fully saturated rings. The molecule has 0 radical (unpaired) electrons. The van der Waals surface area contributed by atoms with Gasteiger partial charge in [0.05, 0.1) is 6.20 Å². The van der Waals surface area contributed by atoms with Crippen LogP contribution in [0.15, 0.2) is 86.0 Å². The molecule has 4 aromatic rings. The van der Waals surface area contributed by atoms with Crippen LogP contribution in [0.1, 0.15) is 16.7 Å². The number of nitrogens with zero attached hydrogens (tertiary/aromatic N) is 4. The molecule has 0 aromatic carbocycles. The maximum Gasteiger partial charge on any atom is 0.185 e. The second kappa shape index (κ2) is 5.74. The van der Waals surface area contributed by atoms with Crippen LogP contribution in [0, 0.1) is 0 Å². The van der Waals surface area contributed by atoms with Crippen molar-refractivity contribution in [3.63, 3.8) is 0 Å². The molecule has 0 unspecified atom stereocenters. The molecule has 124 valence electrons. The molecule has 0 atom stereocenters. The third-order valence-corrected chi connectivity index (χ3v) is 4.71. The van der Waals surface area contributed by atoms with E-state index in [1.165, 1.54) is 0 Å². The zero-order valence-electron chi connectivity index (χ0n) is 13.8. The standard InChI is InChI=1S/C21H14N4O/c1-7-22-8-2-15(1)21(16-3-9-23-10-4-16)19-6-12-24-13-18(19)17-5-11-25-14-20(17)26-21/h1-14H. The summed E-state index contributed by atoms with van der Waals surface area (Å²) < 4.78 is 6.67. The second-order valence-electron chi connectivity index (χ2n) is 6.05. The molecule has 0 aliphatic carbocycles. The van der Waals surface area contributed by atoms with Gasteiger partial charge >= 0.3 is 0 Å². The maximum atomic E-state index is 6.67. The highest BCUT2D eigenvalue weighted by molar-refractivity contribution is 5.77. The predicted octanol–water partition coefficient (Wildman–Crippen LogP) is 3.62. The molecule has 5 rings (SSSR count). The lowest BCUT2D eigenvalue weighted by atomic mass is 9.76. The Kier molecular flexibility index (Phi) is 3.25. The smallest absolute Gasteiger partial charge is 0.185 e. The molecule has 0 saturated heterocycles. The highest BCUT2D eigenvalue weighted by atomic mass is 16.5. The first-order chi connectivity index (χ1) is 12.9. The zero-order valence-corrected chi connectivity index (χ0v) is 13.8. The Balaban J connectivity index is 1.90. The minimum absolute atomic E-state index is 0.724. The van der Waals surface area contributed by atoms with Gasteiger partial charge in [0, 0.05) is 71.2 Å². The van der Waals surface area contributed by atoms with Crippen LogP contribution < -0.4 is 4.74 Å². The molecule has 1 aliphatic heterocycles. The third-order valence-electron chi connectivity index (χ3n) is 4.71. The van der Waals surface area contributed by atoms with Crippen LogP contribution in [0.2, 0.25) is 0 Å². The van der Waals surface area contributed by atoms with Crippen molar-refractivity contribution in [2.75, 3.05) is 0 Å². The first-order valence-corrected chi connectivity index (χ1v) is 8.28. The molecule has 4 aromatic heterocycles. The number of rotatable bonds is 2. The van der Waals surface area contributed by atoms with E-state index in [1.54, 1.807) is 43.4 Å². The predicted molar refractivity (Wildman–Crippen MR) is 96.5 cm³/mol. The minimum Gasteiger partial charge on any atom is -0.471 e. The highest BCUT2D eigenvalue weighted by Gasteiger charge is 2.44. The van der Waals surface area contributed by atoms with Crippen LogP contribution >= 0.6 is 0 Å². The van der Waals surface area contributed by atoms with E-state index in [1.807, 2.05) is 42.6 Å². The second-order valence-corrected chi connectivity index (χ2v) is 6.05.